The molecule has 1 saturated carbocycles. The first-order valence-corrected chi connectivity index (χ1v) is 11.0. The maximum Gasteiger partial charge on any atom is 0.0786 e. The smallest absolute Gasteiger partial charge is 0.0786 e. The lowest BCUT2D eigenvalue weighted by atomic mass is 9.83. The summed E-state index contributed by atoms with van der Waals surface area (Å²) < 4.78 is 0. The van der Waals surface area contributed by atoms with Gasteiger partial charge in [0.05, 0.1) is 5.69 Å². The quantitative estimate of drug-likeness (QED) is 0.329. The minimum Gasteiger partial charge on any atom is -0.256 e. The number of fused-ring (bicyclic) bond motifs is 3. The van der Waals surface area contributed by atoms with E-state index in [4.69, 9.17) is 4.98 Å². The fourth-order valence-corrected chi connectivity index (χ4v) is 5.50. The van der Waals surface area contributed by atoms with E-state index in [0.717, 1.165) is 11.6 Å². The molecule has 1 nitrogen and oxygen atoms in total. The van der Waals surface area contributed by atoms with Gasteiger partial charge in [0.1, 0.15) is 0 Å². The Bertz CT molecular complexity index is 1180. The first kappa shape index (κ1) is 18.4. The average Bonchev–Trinajstić information content (AvgIpc) is 3.26. The summed E-state index contributed by atoms with van der Waals surface area (Å²) in [5.74, 6) is 1.43. The van der Waals surface area contributed by atoms with Gasteiger partial charge in [-0.25, -0.2) is 0 Å². The highest BCUT2D eigenvalue weighted by molar-refractivity contribution is 6.14. The van der Waals surface area contributed by atoms with Crippen LogP contribution < -0.4 is 0 Å². The highest BCUT2D eigenvalue weighted by atomic mass is 14.7. The molecule has 1 aromatic heterocycles. The van der Waals surface area contributed by atoms with Gasteiger partial charge in [-0.2, -0.15) is 0 Å². The van der Waals surface area contributed by atoms with Crippen molar-refractivity contribution in [1.29, 1.82) is 0 Å². The van der Waals surface area contributed by atoms with E-state index in [1.165, 1.54) is 69.5 Å². The summed E-state index contributed by atoms with van der Waals surface area (Å²) >= 11 is 0. The number of aromatic nitrogens is 1. The van der Waals surface area contributed by atoms with Crippen molar-refractivity contribution in [2.75, 3.05) is 0 Å². The predicted octanol–water partition coefficient (Wildman–Crippen LogP) is 7.97. The van der Waals surface area contributed by atoms with Gasteiger partial charge < -0.3 is 0 Å². The number of nitrogens with zero attached hydrogens (tertiary/aromatic N) is 1. The van der Waals surface area contributed by atoms with Crippen molar-refractivity contribution in [1.82, 2.24) is 4.98 Å². The standard InChI is InChI=1S/C28H29N/c1-18-15-19(2)17-23(16-18)28-27-22(13-14-29-28)11-12-25-24(9-6-10-26(25)27)20(3)21-7-4-5-8-21/h6,9-17,20-21H,4-5,7-8H2,1-3H3. The van der Waals surface area contributed by atoms with Crippen molar-refractivity contribution in [2.45, 2.75) is 52.4 Å². The minimum atomic E-state index is 0.611. The van der Waals surface area contributed by atoms with E-state index in [0.29, 0.717) is 5.92 Å². The normalized spacial score (nSPS) is 16.0. The average molecular weight is 380 g/mol. The van der Waals surface area contributed by atoms with E-state index >= 15 is 0 Å². The number of benzene rings is 3. The molecule has 0 spiro atoms. The molecule has 3 aromatic carbocycles. The van der Waals surface area contributed by atoms with E-state index in [9.17, 15) is 0 Å². The third-order valence-electron chi connectivity index (χ3n) is 6.91. The zero-order chi connectivity index (χ0) is 20.0. The Labute approximate surface area is 173 Å². The lowest BCUT2D eigenvalue weighted by Crippen LogP contribution is -2.06. The van der Waals surface area contributed by atoms with Gasteiger partial charge in [-0.1, -0.05) is 67.3 Å². The monoisotopic (exact) mass is 379 g/mol. The SMILES string of the molecule is Cc1cc(C)cc(-c2nccc3ccc4c(C(C)C5CCCC5)cccc4c23)c1. The van der Waals surface area contributed by atoms with E-state index in [-0.39, 0.29) is 0 Å². The van der Waals surface area contributed by atoms with Crippen molar-refractivity contribution in [3.05, 3.63) is 77.5 Å². The molecular weight excluding hydrogens is 350 g/mol. The molecule has 0 radical (unpaired) electrons. The summed E-state index contributed by atoms with van der Waals surface area (Å²) in [6.07, 6.45) is 7.49. The Morgan fingerprint density at radius 3 is 2.38 bits per heavy atom. The van der Waals surface area contributed by atoms with Crippen LogP contribution in [0.2, 0.25) is 0 Å². The van der Waals surface area contributed by atoms with Gasteiger partial charge >= 0.3 is 0 Å². The first-order valence-electron chi connectivity index (χ1n) is 11.0. The van der Waals surface area contributed by atoms with Crippen molar-refractivity contribution in [2.24, 2.45) is 5.92 Å². The van der Waals surface area contributed by atoms with Gasteiger partial charge in [-0.3, -0.25) is 4.98 Å². The molecule has 0 amide bonds. The molecule has 1 unspecified atom stereocenters. The molecule has 1 aliphatic rings. The van der Waals surface area contributed by atoms with Crippen LogP contribution in [-0.2, 0) is 0 Å². The van der Waals surface area contributed by atoms with Gasteiger partial charge in [0.15, 0.2) is 0 Å². The zero-order valence-corrected chi connectivity index (χ0v) is 17.7. The number of rotatable bonds is 3. The van der Waals surface area contributed by atoms with Crippen LogP contribution in [0, 0.1) is 19.8 Å². The second-order valence-corrected chi connectivity index (χ2v) is 8.98. The van der Waals surface area contributed by atoms with E-state index in [1.807, 2.05) is 6.20 Å². The molecule has 29 heavy (non-hydrogen) atoms. The van der Waals surface area contributed by atoms with Gasteiger partial charge in [-0.05, 0) is 78.4 Å². The molecule has 1 aliphatic carbocycles. The first-order chi connectivity index (χ1) is 14.1. The van der Waals surface area contributed by atoms with Crippen LogP contribution in [0.15, 0.2) is 60.8 Å². The van der Waals surface area contributed by atoms with Crippen LogP contribution in [0.5, 0.6) is 0 Å². The van der Waals surface area contributed by atoms with Crippen molar-refractivity contribution in [3.63, 3.8) is 0 Å². The molecule has 4 aromatic rings. The van der Waals surface area contributed by atoms with Crippen molar-refractivity contribution >= 4 is 21.5 Å². The number of aryl methyl sites for hydroxylation is 2. The Morgan fingerprint density at radius 2 is 1.62 bits per heavy atom. The maximum absolute atomic E-state index is 4.86. The molecular formula is C28H29N. The Balaban J connectivity index is 1.77. The van der Waals surface area contributed by atoms with Crippen LogP contribution >= 0.6 is 0 Å². The van der Waals surface area contributed by atoms with Crippen molar-refractivity contribution < 1.29 is 0 Å². The second kappa shape index (κ2) is 7.30. The Hall–Kier alpha value is -2.67. The molecule has 1 heteroatoms. The van der Waals surface area contributed by atoms with E-state index < -0.39 is 0 Å². The summed E-state index contributed by atoms with van der Waals surface area (Å²) in [6.45, 7) is 6.77. The lowest BCUT2D eigenvalue weighted by Gasteiger charge is -2.22. The van der Waals surface area contributed by atoms with Gasteiger partial charge in [0.25, 0.3) is 0 Å². The molecule has 1 atom stereocenters. The molecule has 146 valence electrons. The number of hydrogen-bond acceptors (Lipinski definition) is 1. The molecule has 0 saturated heterocycles. The highest BCUT2D eigenvalue weighted by Gasteiger charge is 2.24. The topological polar surface area (TPSA) is 12.9 Å². The fraction of sp³-hybridized carbons (Fsp3) is 0.321. The molecule has 1 fully saturated rings. The largest absolute Gasteiger partial charge is 0.256 e. The molecule has 0 bridgehead atoms. The Morgan fingerprint density at radius 1 is 0.862 bits per heavy atom. The van der Waals surface area contributed by atoms with Crippen LogP contribution in [0.4, 0.5) is 0 Å². The molecule has 1 heterocycles. The van der Waals surface area contributed by atoms with Crippen LogP contribution in [0.1, 0.15) is 55.2 Å². The maximum atomic E-state index is 4.86. The Kier molecular flexibility index (Phi) is 4.62. The van der Waals surface area contributed by atoms with Gasteiger partial charge in [-0.15, -0.1) is 0 Å². The third kappa shape index (κ3) is 3.23. The lowest BCUT2D eigenvalue weighted by molar-refractivity contribution is 0.463. The summed E-state index contributed by atoms with van der Waals surface area (Å²) in [5.41, 5.74) is 6.40. The van der Waals surface area contributed by atoms with E-state index in [2.05, 4.69) is 75.4 Å². The van der Waals surface area contributed by atoms with E-state index in [1.54, 1.807) is 0 Å². The summed E-state index contributed by atoms with van der Waals surface area (Å²) in [4.78, 5) is 4.86. The molecule has 0 N–H and O–H groups in total. The highest BCUT2D eigenvalue weighted by Crippen LogP contribution is 2.41. The van der Waals surface area contributed by atoms with Crippen LogP contribution in [0.25, 0.3) is 32.8 Å². The van der Waals surface area contributed by atoms with Gasteiger partial charge in [0, 0.05) is 17.1 Å². The fourth-order valence-electron chi connectivity index (χ4n) is 5.50. The van der Waals surface area contributed by atoms with Crippen molar-refractivity contribution in [3.8, 4) is 11.3 Å². The van der Waals surface area contributed by atoms with Crippen LogP contribution in [0.3, 0.4) is 0 Å². The van der Waals surface area contributed by atoms with Gasteiger partial charge in [0.2, 0.25) is 0 Å². The summed E-state index contributed by atoms with van der Waals surface area (Å²) in [7, 11) is 0. The zero-order valence-electron chi connectivity index (χ0n) is 17.7. The molecule has 5 rings (SSSR count). The number of pyridine rings is 1. The third-order valence-corrected chi connectivity index (χ3v) is 6.91. The van der Waals surface area contributed by atoms with Crippen LogP contribution in [-0.4, -0.2) is 4.98 Å². The molecule has 0 aliphatic heterocycles. The summed E-state index contributed by atoms with van der Waals surface area (Å²) in [5, 5.41) is 5.30. The second-order valence-electron chi connectivity index (χ2n) is 8.98. The number of hydrogen-bond donors (Lipinski definition) is 0. The minimum absolute atomic E-state index is 0.611. The predicted molar refractivity (Wildman–Crippen MR) is 125 cm³/mol. The summed E-state index contributed by atoms with van der Waals surface area (Å²) in [6, 6.07) is 20.4.